The average molecular weight is 390 g/mol. The number of thiophene rings is 1. The van der Waals surface area contributed by atoms with Gasteiger partial charge in [-0.25, -0.2) is 4.79 Å². The van der Waals surface area contributed by atoms with Crippen molar-refractivity contribution in [1.82, 2.24) is 9.78 Å². The Bertz CT molecular complexity index is 901. The molecule has 2 rings (SSSR count). The van der Waals surface area contributed by atoms with E-state index in [1.54, 1.807) is 0 Å². The number of alkyl halides is 3. The van der Waals surface area contributed by atoms with Crippen LogP contribution in [0.1, 0.15) is 41.8 Å². The average Bonchev–Trinajstić information content (AvgIpc) is 3.07. The number of nitrogens with one attached hydrogen (secondary N) is 1. The molecule has 0 atom stereocenters. The molecular formula is C14H13F3N4O4S. The van der Waals surface area contributed by atoms with Crippen molar-refractivity contribution in [2.75, 3.05) is 12.4 Å². The van der Waals surface area contributed by atoms with Crippen molar-refractivity contribution in [2.45, 2.75) is 13.1 Å². The van der Waals surface area contributed by atoms with Crippen molar-refractivity contribution in [3.8, 4) is 0 Å². The van der Waals surface area contributed by atoms with Crippen LogP contribution in [0.4, 0.5) is 18.2 Å². The number of ether oxygens (including phenoxy) is 1. The quantitative estimate of drug-likeness (QED) is 0.774. The van der Waals surface area contributed by atoms with E-state index in [0.29, 0.717) is 6.07 Å². The van der Waals surface area contributed by atoms with Crippen molar-refractivity contribution in [3.05, 3.63) is 33.5 Å². The van der Waals surface area contributed by atoms with Crippen molar-refractivity contribution in [1.29, 1.82) is 0 Å². The molecule has 2 aromatic heterocycles. The van der Waals surface area contributed by atoms with E-state index in [2.05, 4.69) is 15.2 Å². The molecule has 0 aliphatic carbocycles. The second-order valence-electron chi connectivity index (χ2n) is 5.11. The van der Waals surface area contributed by atoms with Crippen LogP contribution in [-0.2, 0) is 18.0 Å². The molecule has 140 valence electrons. The molecule has 0 radical (unpaired) electrons. The van der Waals surface area contributed by atoms with Crippen LogP contribution in [0.25, 0.3) is 0 Å². The number of primary amides is 1. The minimum Gasteiger partial charge on any atom is -0.465 e. The van der Waals surface area contributed by atoms with Crippen molar-refractivity contribution in [3.63, 3.8) is 0 Å². The van der Waals surface area contributed by atoms with E-state index < -0.39 is 29.7 Å². The molecule has 0 spiro atoms. The summed E-state index contributed by atoms with van der Waals surface area (Å²) in [4.78, 5) is 35.7. The first kappa shape index (κ1) is 19.4. The molecule has 0 bridgehead atoms. The smallest absolute Gasteiger partial charge is 0.435 e. The second-order valence-corrected chi connectivity index (χ2v) is 6.13. The van der Waals surface area contributed by atoms with E-state index in [9.17, 15) is 27.6 Å². The maximum Gasteiger partial charge on any atom is 0.435 e. The fourth-order valence-electron chi connectivity index (χ4n) is 2.17. The molecule has 0 aliphatic heterocycles. The van der Waals surface area contributed by atoms with Gasteiger partial charge in [-0.1, -0.05) is 0 Å². The van der Waals surface area contributed by atoms with Crippen molar-refractivity contribution in [2.24, 2.45) is 12.8 Å². The second kappa shape index (κ2) is 6.78. The fourth-order valence-corrected chi connectivity index (χ4v) is 3.21. The zero-order valence-electron chi connectivity index (χ0n) is 13.7. The highest BCUT2D eigenvalue weighted by atomic mass is 32.1. The van der Waals surface area contributed by atoms with Gasteiger partial charge < -0.3 is 15.8 Å². The number of esters is 1. The normalized spacial score (nSPS) is 11.3. The summed E-state index contributed by atoms with van der Waals surface area (Å²) in [6.45, 7) is 1.43. The van der Waals surface area contributed by atoms with E-state index in [0.717, 1.165) is 23.1 Å². The molecule has 2 aromatic rings. The molecule has 26 heavy (non-hydrogen) atoms. The number of anilines is 1. The summed E-state index contributed by atoms with van der Waals surface area (Å²) in [7, 11) is 2.27. The first-order chi connectivity index (χ1) is 12.0. The fraction of sp³-hybridized carbons (Fsp3) is 0.286. The molecule has 0 saturated heterocycles. The van der Waals surface area contributed by atoms with Crippen LogP contribution in [0.2, 0.25) is 0 Å². The third-order valence-corrected chi connectivity index (χ3v) is 4.61. The summed E-state index contributed by atoms with van der Waals surface area (Å²) in [5, 5.41) is 5.48. The van der Waals surface area contributed by atoms with Gasteiger partial charge >= 0.3 is 12.1 Å². The first-order valence-electron chi connectivity index (χ1n) is 6.91. The van der Waals surface area contributed by atoms with Gasteiger partial charge in [-0.05, 0) is 12.5 Å². The zero-order valence-corrected chi connectivity index (χ0v) is 14.5. The summed E-state index contributed by atoms with van der Waals surface area (Å²) >= 11 is 0.720. The minimum atomic E-state index is -4.72. The summed E-state index contributed by atoms with van der Waals surface area (Å²) in [5.74, 6) is -2.60. The lowest BCUT2D eigenvalue weighted by Gasteiger charge is -2.06. The molecule has 0 aromatic carbocycles. The number of rotatable bonds is 4. The molecule has 0 aliphatic rings. The lowest BCUT2D eigenvalue weighted by molar-refractivity contribution is -0.141. The highest BCUT2D eigenvalue weighted by Crippen LogP contribution is 2.34. The van der Waals surface area contributed by atoms with Crippen molar-refractivity contribution >= 4 is 34.1 Å². The third-order valence-electron chi connectivity index (χ3n) is 3.39. The summed E-state index contributed by atoms with van der Waals surface area (Å²) in [6, 6.07) is 0.572. The Balaban J connectivity index is 2.44. The van der Waals surface area contributed by atoms with Gasteiger partial charge in [0.2, 0.25) is 0 Å². The van der Waals surface area contributed by atoms with Crippen LogP contribution in [0, 0.1) is 6.92 Å². The number of hydrogen-bond donors (Lipinski definition) is 2. The van der Waals surface area contributed by atoms with Crippen LogP contribution in [0.3, 0.4) is 0 Å². The Morgan fingerprint density at radius 1 is 1.35 bits per heavy atom. The Morgan fingerprint density at radius 3 is 2.42 bits per heavy atom. The number of nitrogens with two attached hydrogens (primary N) is 1. The highest BCUT2D eigenvalue weighted by Gasteiger charge is 2.35. The zero-order chi connectivity index (χ0) is 19.8. The van der Waals surface area contributed by atoms with Crippen LogP contribution in [-0.4, -0.2) is 34.7 Å². The largest absolute Gasteiger partial charge is 0.465 e. The topological polar surface area (TPSA) is 116 Å². The van der Waals surface area contributed by atoms with Crippen LogP contribution < -0.4 is 11.1 Å². The van der Waals surface area contributed by atoms with E-state index in [1.165, 1.54) is 14.0 Å². The number of methoxy groups -OCH3 is 1. The SMILES string of the molecule is COC(=O)c1c(NC(=O)c2cc(C(F)(F)F)nn2C)sc(C(N)=O)c1C. The van der Waals surface area contributed by atoms with E-state index in [-0.39, 0.29) is 26.7 Å². The summed E-state index contributed by atoms with van der Waals surface area (Å²) in [6.07, 6.45) is -4.72. The number of amides is 2. The number of halogens is 3. The van der Waals surface area contributed by atoms with Gasteiger partial charge in [-0.2, -0.15) is 18.3 Å². The van der Waals surface area contributed by atoms with Gasteiger partial charge in [-0.15, -0.1) is 11.3 Å². The van der Waals surface area contributed by atoms with E-state index >= 15 is 0 Å². The van der Waals surface area contributed by atoms with Gasteiger partial charge in [0.05, 0.1) is 17.6 Å². The molecule has 2 amide bonds. The number of aryl methyl sites for hydroxylation is 1. The Morgan fingerprint density at radius 2 is 1.96 bits per heavy atom. The number of carbonyl (C=O) groups excluding carboxylic acids is 3. The summed E-state index contributed by atoms with van der Waals surface area (Å²) < 4.78 is 43.5. The number of hydrogen-bond acceptors (Lipinski definition) is 6. The predicted octanol–water partition coefficient (Wildman–Crippen LogP) is 1.95. The Labute approximate surface area is 148 Å². The van der Waals surface area contributed by atoms with Gasteiger partial charge in [-0.3, -0.25) is 14.3 Å². The molecular weight excluding hydrogens is 377 g/mol. The lowest BCUT2D eigenvalue weighted by atomic mass is 10.1. The van der Waals surface area contributed by atoms with Gasteiger partial charge in [0, 0.05) is 13.1 Å². The molecule has 8 nitrogen and oxygen atoms in total. The molecule has 0 fully saturated rings. The Kier molecular flexibility index (Phi) is 5.07. The molecule has 0 unspecified atom stereocenters. The predicted molar refractivity (Wildman–Crippen MR) is 85.1 cm³/mol. The first-order valence-corrected chi connectivity index (χ1v) is 7.73. The molecule has 0 saturated carbocycles. The standard InChI is InChI=1S/C14H13F3N4O4S/c1-5-8(13(24)25-3)12(26-9(5)10(18)22)19-11(23)6-4-7(14(15,16)17)20-21(6)2/h4H,1-3H3,(H2,18,22)(H,19,23). The van der Waals surface area contributed by atoms with Crippen LogP contribution in [0.15, 0.2) is 6.07 Å². The summed E-state index contributed by atoms with van der Waals surface area (Å²) in [5.41, 5.74) is 3.70. The maximum absolute atomic E-state index is 12.7. The number of nitrogens with zero attached hydrogens (tertiary/aromatic N) is 2. The van der Waals surface area contributed by atoms with Crippen LogP contribution in [0.5, 0.6) is 0 Å². The van der Waals surface area contributed by atoms with Gasteiger partial charge in [0.25, 0.3) is 11.8 Å². The van der Waals surface area contributed by atoms with Gasteiger partial charge in [0.1, 0.15) is 10.7 Å². The monoisotopic (exact) mass is 390 g/mol. The van der Waals surface area contributed by atoms with Gasteiger partial charge in [0.15, 0.2) is 5.69 Å². The molecule has 12 heteroatoms. The Hall–Kier alpha value is -2.89. The highest BCUT2D eigenvalue weighted by molar-refractivity contribution is 7.18. The van der Waals surface area contributed by atoms with E-state index in [4.69, 9.17) is 5.73 Å². The number of aromatic nitrogens is 2. The molecule has 2 heterocycles. The lowest BCUT2D eigenvalue weighted by Crippen LogP contribution is -2.17. The number of carbonyl (C=O) groups is 3. The third kappa shape index (κ3) is 3.54. The minimum absolute atomic E-state index is 0.0155. The van der Waals surface area contributed by atoms with Crippen molar-refractivity contribution < 1.29 is 32.3 Å². The molecule has 3 N–H and O–H groups in total. The van der Waals surface area contributed by atoms with E-state index in [1.807, 2.05) is 0 Å². The maximum atomic E-state index is 12.7. The van der Waals surface area contributed by atoms with Crippen LogP contribution >= 0.6 is 11.3 Å².